The van der Waals surface area contributed by atoms with Crippen molar-refractivity contribution in [3.8, 4) is 0 Å². The standard InChI is InChI=1S/C16H16ClN3O6S2/c1-10-8-11-4-2-3-5-14(11)20(10)18-16(21)12-6-7-13(17)15(9-12)27(22,23)19-28(24,25)26/h2-7,9-10,19H,8H2,1H3,(H,18,21)(H,24,25,26)/t10-/m0/s1. The van der Waals surface area contributed by atoms with Crippen LogP contribution in [0.15, 0.2) is 47.4 Å². The summed E-state index contributed by atoms with van der Waals surface area (Å²) in [6.45, 7) is 1.92. The van der Waals surface area contributed by atoms with Gasteiger partial charge in [0.15, 0.2) is 0 Å². The summed E-state index contributed by atoms with van der Waals surface area (Å²) in [5.41, 5.74) is 4.55. The van der Waals surface area contributed by atoms with Crippen molar-refractivity contribution in [2.24, 2.45) is 0 Å². The van der Waals surface area contributed by atoms with Crippen molar-refractivity contribution in [2.45, 2.75) is 24.3 Å². The first-order chi connectivity index (χ1) is 13.0. The van der Waals surface area contributed by atoms with E-state index >= 15 is 0 Å². The minimum absolute atomic E-state index is 0.0157. The zero-order chi connectivity index (χ0) is 20.7. The Hall–Kier alpha value is -2.18. The lowest BCUT2D eigenvalue weighted by Crippen LogP contribution is -2.45. The highest BCUT2D eigenvalue weighted by Gasteiger charge is 2.29. The second kappa shape index (κ2) is 7.33. The van der Waals surface area contributed by atoms with Gasteiger partial charge in [-0.05, 0) is 43.2 Å². The van der Waals surface area contributed by atoms with Crippen LogP contribution in [0.4, 0.5) is 5.69 Å². The smallest absolute Gasteiger partial charge is 0.282 e. The Morgan fingerprint density at radius 3 is 2.54 bits per heavy atom. The maximum atomic E-state index is 12.7. The molecule has 28 heavy (non-hydrogen) atoms. The fourth-order valence-corrected chi connectivity index (χ4v) is 5.44. The van der Waals surface area contributed by atoms with Crippen LogP contribution in [0.3, 0.4) is 0 Å². The van der Waals surface area contributed by atoms with E-state index in [1.54, 1.807) is 5.01 Å². The molecule has 1 atom stereocenters. The lowest BCUT2D eigenvalue weighted by atomic mass is 10.1. The number of sulfonamides is 1. The fraction of sp³-hybridized carbons (Fsp3) is 0.188. The zero-order valence-electron chi connectivity index (χ0n) is 14.5. The number of anilines is 1. The van der Waals surface area contributed by atoms with Crippen molar-refractivity contribution < 1.29 is 26.2 Å². The quantitative estimate of drug-likeness (QED) is 0.594. The first kappa shape index (κ1) is 20.6. The minimum Gasteiger partial charge on any atom is -0.282 e. The van der Waals surface area contributed by atoms with Crippen LogP contribution in [0.5, 0.6) is 0 Å². The number of hydrogen-bond donors (Lipinski definition) is 3. The molecule has 3 N–H and O–H groups in total. The number of nitrogens with one attached hydrogen (secondary N) is 2. The maximum Gasteiger partial charge on any atom is 0.346 e. The molecule has 1 aliphatic rings. The third-order valence-corrected chi connectivity index (χ3v) is 7.21. The molecular formula is C16H16ClN3O6S2. The molecule has 150 valence electrons. The normalized spacial score (nSPS) is 16.7. The Labute approximate surface area is 167 Å². The van der Waals surface area contributed by atoms with Crippen LogP contribution in [-0.4, -0.2) is 33.3 Å². The predicted molar refractivity (Wildman–Crippen MR) is 103 cm³/mol. The monoisotopic (exact) mass is 445 g/mol. The lowest BCUT2D eigenvalue weighted by Gasteiger charge is -2.25. The fourth-order valence-electron chi connectivity index (χ4n) is 2.94. The van der Waals surface area contributed by atoms with E-state index in [4.69, 9.17) is 16.2 Å². The van der Waals surface area contributed by atoms with Gasteiger partial charge in [0.1, 0.15) is 4.90 Å². The molecule has 1 heterocycles. The van der Waals surface area contributed by atoms with E-state index in [1.165, 1.54) is 6.07 Å². The molecule has 0 spiro atoms. The van der Waals surface area contributed by atoms with E-state index in [-0.39, 0.29) is 16.6 Å². The number of halogens is 1. The van der Waals surface area contributed by atoms with Gasteiger partial charge in [-0.15, -0.1) is 0 Å². The van der Waals surface area contributed by atoms with Crippen molar-refractivity contribution in [3.05, 3.63) is 58.6 Å². The van der Waals surface area contributed by atoms with Gasteiger partial charge in [-0.3, -0.25) is 19.8 Å². The van der Waals surface area contributed by atoms with E-state index in [2.05, 4.69) is 5.43 Å². The summed E-state index contributed by atoms with van der Waals surface area (Å²) in [5, 5.41) is 1.37. The first-order valence-corrected chi connectivity index (χ1v) is 11.3. The second-order valence-electron chi connectivity index (χ2n) is 6.20. The number of amides is 1. The lowest BCUT2D eigenvalue weighted by molar-refractivity contribution is 0.0946. The molecular weight excluding hydrogens is 430 g/mol. The van der Waals surface area contributed by atoms with Crippen molar-refractivity contribution in [2.75, 3.05) is 5.01 Å². The second-order valence-corrected chi connectivity index (χ2v) is 9.67. The van der Waals surface area contributed by atoms with E-state index in [9.17, 15) is 21.6 Å². The SMILES string of the molecule is C[C@H]1Cc2ccccc2N1NC(=O)c1ccc(Cl)c(S(=O)(=O)NS(=O)(=O)O)c1. The van der Waals surface area contributed by atoms with Gasteiger partial charge in [0.2, 0.25) is 0 Å². The summed E-state index contributed by atoms with van der Waals surface area (Å²) in [6, 6.07) is 10.9. The largest absolute Gasteiger partial charge is 0.346 e. The molecule has 0 saturated carbocycles. The number of carbonyl (C=O) groups excluding carboxylic acids is 1. The molecule has 0 unspecified atom stereocenters. The molecule has 3 rings (SSSR count). The summed E-state index contributed by atoms with van der Waals surface area (Å²) in [4.78, 5) is 12.0. The highest BCUT2D eigenvalue weighted by molar-refractivity contribution is 8.02. The topological polar surface area (TPSA) is 133 Å². The van der Waals surface area contributed by atoms with Gasteiger partial charge in [-0.25, -0.2) is 8.42 Å². The van der Waals surface area contributed by atoms with Crippen molar-refractivity contribution >= 4 is 43.5 Å². The molecule has 1 aliphatic heterocycles. The van der Waals surface area contributed by atoms with E-state index in [0.29, 0.717) is 0 Å². The Kier molecular flexibility index (Phi) is 5.38. The molecule has 2 aromatic carbocycles. The first-order valence-electron chi connectivity index (χ1n) is 7.96. The van der Waals surface area contributed by atoms with Gasteiger partial charge < -0.3 is 0 Å². The van der Waals surface area contributed by atoms with Crippen LogP contribution in [0.2, 0.25) is 5.02 Å². The number of benzene rings is 2. The van der Waals surface area contributed by atoms with Crippen LogP contribution in [0.1, 0.15) is 22.8 Å². The predicted octanol–water partition coefficient (Wildman–Crippen LogP) is 1.52. The maximum absolute atomic E-state index is 12.7. The summed E-state index contributed by atoms with van der Waals surface area (Å²) < 4.78 is 55.8. The molecule has 0 aromatic heterocycles. The van der Waals surface area contributed by atoms with Gasteiger partial charge in [0.05, 0.1) is 16.8 Å². The van der Waals surface area contributed by atoms with E-state index in [0.717, 1.165) is 33.9 Å². The Morgan fingerprint density at radius 1 is 1.18 bits per heavy atom. The summed E-state index contributed by atoms with van der Waals surface area (Å²) in [5.74, 6) is -0.608. The molecule has 0 fully saturated rings. The molecule has 0 radical (unpaired) electrons. The van der Waals surface area contributed by atoms with Gasteiger partial charge in [0.25, 0.3) is 15.9 Å². The average Bonchev–Trinajstić information content (AvgIpc) is 2.88. The number of hydrazine groups is 1. The molecule has 12 heteroatoms. The number of fused-ring (bicyclic) bond motifs is 1. The number of carbonyl (C=O) groups is 1. The van der Waals surface area contributed by atoms with Crippen molar-refractivity contribution in [1.82, 2.24) is 9.55 Å². The van der Waals surface area contributed by atoms with E-state index < -0.39 is 31.1 Å². The minimum atomic E-state index is -5.04. The van der Waals surface area contributed by atoms with Gasteiger partial charge >= 0.3 is 10.3 Å². The number of rotatable bonds is 5. The molecule has 0 bridgehead atoms. The van der Waals surface area contributed by atoms with Crippen LogP contribution in [0.25, 0.3) is 0 Å². The van der Waals surface area contributed by atoms with Gasteiger partial charge in [0, 0.05) is 5.56 Å². The van der Waals surface area contributed by atoms with Crippen LogP contribution in [0, 0.1) is 0 Å². The highest BCUT2D eigenvalue weighted by Crippen LogP contribution is 2.30. The molecule has 2 aromatic rings. The Bertz CT molecular complexity index is 1150. The third-order valence-electron chi connectivity index (χ3n) is 4.13. The summed E-state index contributed by atoms with van der Waals surface area (Å²) in [7, 11) is -9.75. The number of nitrogens with zero attached hydrogens (tertiary/aromatic N) is 1. The molecule has 0 aliphatic carbocycles. The average molecular weight is 446 g/mol. The Morgan fingerprint density at radius 2 is 1.86 bits per heavy atom. The van der Waals surface area contributed by atoms with Gasteiger partial charge in [-0.1, -0.05) is 33.9 Å². The van der Waals surface area contributed by atoms with Crippen molar-refractivity contribution in [3.63, 3.8) is 0 Å². The van der Waals surface area contributed by atoms with E-state index in [1.807, 2.05) is 31.2 Å². The van der Waals surface area contributed by atoms with Crippen molar-refractivity contribution in [1.29, 1.82) is 0 Å². The van der Waals surface area contributed by atoms with Crippen LogP contribution >= 0.6 is 11.6 Å². The number of hydrogen-bond acceptors (Lipinski definition) is 6. The summed E-state index contributed by atoms with van der Waals surface area (Å²) >= 11 is 5.84. The summed E-state index contributed by atoms with van der Waals surface area (Å²) in [6.07, 6.45) is 0.731. The molecule has 9 nitrogen and oxygen atoms in total. The van der Waals surface area contributed by atoms with Gasteiger partial charge in [-0.2, -0.15) is 8.42 Å². The highest BCUT2D eigenvalue weighted by atomic mass is 35.5. The third kappa shape index (κ3) is 4.28. The molecule has 0 saturated heterocycles. The molecule has 1 amide bonds. The van der Waals surface area contributed by atoms with Crippen LogP contribution in [-0.2, 0) is 26.7 Å². The van der Waals surface area contributed by atoms with Crippen LogP contribution < -0.4 is 14.6 Å². The Balaban J connectivity index is 1.90. The zero-order valence-corrected chi connectivity index (χ0v) is 16.8. The number of para-hydroxylation sites is 1.